The third-order valence-electron chi connectivity index (χ3n) is 3.97. The topological polar surface area (TPSA) is 21.3 Å². The maximum atomic E-state index is 5.44. The van der Waals surface area contributed by atoms with E-state index in [0.717, 1.165) is 18.7 Å². The van der Waals surface area contributed by atoms with Gasteiger partial charge in [0, 0.05) is 28.3 Å². The molecule has 110 valence electrons. The van der Waals surface area contributed by atoms with Crippen molar-refractivity contribution in [2.45, 2.75) is 29.5 Å². The Bertz CT molecular complexity index is 589. The number of para-hydroxylation sites is 1. The van der Waals surface area contributed by atoms with Gasteiger partial charge in [-0.3, -0.25) is 0 Å². The lowest BCUT2D eigenvalue weighted by atomic mass is 10.1. The number of hydrogen-bond donors (Lipinski definition) is 1. The summed E-state index contributed by atoms with van der Waals surface area (Å²) in [5, 5.41) is 4.27. The highest BCUT2D eigenvalue weighted by molar-refractivity contribution is 8.00. The fraction of sp³-hybridized carbons (Fsp3) is 0.333. The normalized spacial score (nSPS) is 18.3. The van der Waals surface area contributed by atoms with Crippen LogP contribution < -0.4 is 10.1 Å². The van der Waals surface area contributed by atoms with Crippen LogP contribution in [0.4, 0.5) is 0 Å². The van der Waals surface area contributed by atoms with E-state index in [4.69, 9.17) is 4.74 Å². The van der Waals surface area contributed by atoms with Crippen molar-refractivity contribution in [1.82, 2.24) is 5.32 Å². The average Bonchev–Trinajstić information content (AvgIpc) is 2.95. The van der Waals surface area contributed by atoms with Gasteiger partial charge in [-0.15, -0.1) is 11.8 Å². The summed E-state index contributed by atoms with van der Waals surface area (Å²) in [6, 6.07) is 17.3. The molecule has 2 aromatic rings. The van der Waals surface area contributed by atoms with Gasteiger partial charge < -0.3 is 10.1 Å². The van der Waals surface area contributed by atoms with Crippen LogP contribution >= 0.6 is 11.8 Å². The van der Waals surface area contributed by atoms with Gasteiger partial charge in [0.1, 0.15) is 5.75 Å². The van der Waals surface area contributed by atoms with Crippen molar-refractivity contribution in [3.05, 3.63) is 59.7 Å². The number of hydrogen-bond acceptors (Lipinski definition) is 3. The zero-order chi connectivity index (χ0) is 14.7. The molecule has 0 amide bonds. The summed E-state index contributed by atoms with van der Waals surface area (Å²) in [7, 11) is 1.73. The van der Waals surface area contributed by atoms with E-state index >= 15 is 0 Å². The molecule has 1 N–H and O–H groups in total. The van der Waals surface area contributed by atoms with Gasteiger partial charge in [-0.1, -0.05) is 36.4 Å². The first-order chi connectivity index (χ1) is 10.3. The molecular weight excluding hydrogens is 278 g/mol. The Morgan fingerprint density at radius 2 is 1.95 bits per heavy atom. The first-order valence-corrected chi connectivity index (χ1v) is 8.26. The number of nitrogens with one attached hydrogen (secondary N) is 1. The lowest BCUT2D eigenvalue weighted by molar-refractivity contribution is 0.401. The Hall–Kier alpha value is -1.45. The predicted molar refractivity (Wildman–Crippen MR) is 89.2 cm³/mol. The zero-order valence-electron chi connectivity index (χ0n) is 12.5. The molecule has 0 saturated carbocycles. The monoisotopic (exact) mass is 299 g/mol. The van der Waals surface area contributed by atoms with Crippen LogP contribution in [0.1, 0.15) is 24.1 Å². The van der Waals surface area contributed by atoms with E-state index in [9.17, 15) is 0 Å². The second-order valence-electron chi connectivity index (χ2n) is 5.42. The molecule has 3 heteroatoms. The van der Waals surface area contributed by atoms with Crippen LogP contribution in [0.25, 0.3) is 0 Å². The standard InChI is InChI=1S/C18H21NOS/c1-13(16-8-4-5-9-17(16)20-2)19-12-15-11-14-7-3-6-10-18(14)21-15/h3-10,13,15,19H,11-12H2,1-2H3/t13-,15?/m1/s1. The van der Waals surface area contributed by atoms with Crippen molar-refractivity contribution in [3.8, 4) is 5.75 Å². The second-order valence-corrected chi connectivity index (χ2v) is 6.77. The van der Waals surface area contributed by atoms with Crippen molar-refractivity contribution in [2.75, 3.05) is 13.7 Å². The van der Waals surface area contributed by atoms with Crippen LogP contribution in [0.5, 0.6) is 5.75 Å². The molecule has 0 aliphatic carbocycles. The van der Waals surface area contributed by atoms with E-state index in [1.54, 1.807) is 7.11 Å². The molecule has 1 unspecified atom stereocenters. The molecule has 2 atom stereocenters. The van der Waals surface area contributed by atoms with E-state index in [2.05, 4.69) is 48.6 Å². The van der Waals surface area contributed by atoms with Gasteiger partial charge in [0.2, 0.25) is 0 Å². The van der Waals surface area contributed by atoms with Crippen molar-refractivity contribution < 1.29 is 4.74 Å². The Morgan fingerprint density at radius 1 is 1.19 bits per heavy atom. The first kappa shape index (κ1) is 14.5. The number of benzene rings is 2. The molecule has 2 aromatic carbocycles. The number of ether oxygens (including phenoxy) is 1. The van der Waals surface area contributed by atoms with Crippen LogP contribution in [0, 0.1) is 0 Å². The summed E-state index contributed by atoms with van der Waals surface area (Å²) in [4.78, 5) is 1.44. The fourth-order valence-electron chi connectivity index (χ4n) is 2.81. The SMILES string of the molecule is COc1ccccc1[C@@H](C)NCC1Cc2ccccc2S1. The summed E-state index contributed by atoms with van der Waals surface area (Å²) in [5.74, 6) is 0.958. The molecule has 2 nitrogen and oxygen atoms in total. The summed E-state index contributed by atoms with van der Waals surface area (Å²) in [6.45, 7) is 3.21. The third-order valence-corrected chi connectivity index (χ3v) is 5.29. The average molecular weight is 299 g/mol. The van der Waals surface area contributed by atoms with Crippen LogP contribution in [0.2, 0.25) is 0 Å². The van der Waals surface area contributed by atoms with Crippen molar-refractivity contribution in [3.63, 3.8) is 0 Å². The van der Waals surface area contributed by atoms with Crippen LogP contribution in [-0.4, -0.2) is 18.9 Å². The molecule has 0 radical (unpaired) electrons. The predicted octanol–water partition coefficient (Wildman–Crippen LogP) is 4.06. The highest BCUT2D eigenvalue weighted by atomic mass is 32.2. The molecule has 1 aliphatic heterocycles. The number of thioether (sulfide) groups is 1. The van der Waals surface area contributed by atoms with Gasteiger partial charge in [-0.25, -0.2) is 0 Å². The van der Waals surface area contributed by atoms with Crippen LogP contribution in [0.3, 0.4) is 0 Å². The van der Waals surface area contributed by atoms with Gasteiger partial charge in [-0.2, -0.15) is 0 Å². The van der Waals surface area contributed by atoms with E-state index < -0.39 is 0 Å². The van der Waals surface area contributed by atoms with E-state index in [1.165, 1.54) is 16.0 Å². The van der Waals surface area contributed by atoms with Crippen molar-refractivity contribution >= 4 is 11.8 Å². The number of fused-ring (bicyclic) bond motifs is 1. The molecular formula is C18H21NOS. The number of methoxy groups -OCH3 is 1. The third kappa shape index (κ3) is 3.25. The lowest BCUT2D eigenvalue weighted by Gasteiger charge is -2.19. The molecule has 3 rings (SSSR count). The smallest absolute Gasteiger partial charge is 0.123 e. The van der Waals surface area contributed by atoms with Gasteiger partial charge in [0.15, 0.2) is 0 Å². The summed E-state index contributed by atoms with van der Waals surface area (Å²) in [5.41, 5.74) is 2.71. The molecule has 0 spiro atoms. The molecule has 0 fully saturated rings. The maximum absolute atomic E-state index is 5.44. The Labute approximate surface area is 130 Å². The minimum atomic E-state index is 0.297. The van der Waals surface area contributed by atoms with Crippen molar-refractivity contribution in [1.29, 1.82) is 0 Å². The van der Waals surface area contributed by atoms with Crippen molar-refractivity contribution in [2.24, 2.45) is 0 Å². The summed E-state index contributed by atoms with van der Waals surface area (Å²) < 4.78 is 5.44. The van der Waals surface area contributed by atoms with Gasteiger partial charge in [0.05, 0.1) is 7.11 Å². The molecule has 1 aliphatic rings. The van der Waals surface area contributed by atoms with Gasteiger partial charge in [-0.05, 0) is 31.0 Å². The second kappa shape index (κ2) is 6.54. The molecule has 0 bridgehead atoms. The van der Waals surface area contributed by atoms with Crippen LogP contribution in [-0.2, 0) is 6.42 Å². The van der Waals surface area contributed by atoms with Gasteiger partial charge in [0.25, 0.3) is 0 Å². The van der Waals surface area contributed by atoms with Crippen LogP contribution in [0.15, 0.2) is 53.4 Å². The minimum Gasteiger partial charge on any atom is -0.496 e. The van der Waals surface area contributed by atoms with E-state index in [0.29, 0.717) is 11.3 Å². The van der Waals surface area contributed by atoms with E-state index in [-0.39, 0.29) is 0 Å². The Morgan fingerprint density at radius 3 is 2.76 bits per heavy atom. The number of rotatable bonds is 5. The lowest BCUT2D eigenvalue weighted by Crippen LogP contribution is -2.27. The zero-order valence-corrected chi connectivity index (χ0v) is 13.3. The minimum absolute atomic E-state index is 0.297. The van der Waals surface area contributed by atoms with Gasteiger partial charge >= 0.3 is 0 Å². The molecule has 0 saturated heterocycles. The largest absolute Gasteiger partial charge is 0.496 e. The molecule has 21 heavy (non-hydrogen) atoms. The quantitative estimate of drug-likeness (QED) is 0.899. The Balaban J connectivity index is 1.59. The van der Waals surface area contributed by atoms with E-state index in [1.807, 2.05) is 23.9 Å². The summed E-state index contributed by atoms with van der Waals surface area (Å²) in [6.07, 6.45) is 1.16. The summed E-state index contributed by atoms with van der Waals surface area (Å²) >= 11 is 1.99. The molecule has 0 aromatic heterocycles. The first-order valence-electron chi connectivity index (χ1n) is 7.39. The highest BCUT2D eigenvalue weighted by Gasteiger charge is 2.22. The highest BCUT2D eigenvalue weighted by Crippen LogP contribution is 2.36. The maximum Gasteiger partial charge on any atom is 0.123 e. The fourth-order valence-corrected chi connectivity index (χ4v) is 4.07. The Kier molecular flexibility index (Phi) is 4.51. The molecule has 1 heterocycles.